The summed E-state index contributed by atoms with van der Waals surface area (Å²) in [6.07, 6.45) is 0. The van der Waals surface area contributed by atoms with Crippen LogP contribution in [0.2, 0.25) is 0 Å². The number of hydrogen-bond acceptors (Lipinski definition) is 3. The van der Waals surface area contributed by atoms with Gasteiger partial charge in [0.15, 0.2) is 11.5 Å². The van der Waals surface area contributed by atoms with Crippen molar-refractivity contribution in [2.45, 2.75) is 19.8 Å². The molecule has 0 saturated heterocycles. The van der Waals surface area contributed by atoms with E-state index in [-0.39, 0.29) is 0 Å². The molecule has 88 valence electrons. The van der Waals surface area contributed by atoms with Crippen molar-refractivity contribution in [1.29, 1.82) is 0 Å². The monoisotopic (exact) mass is 224 g/mol. The van der Waals surface area contributed by atoms with Crippen molar-refractivity contribution in [2.24, 2.45) is 0 Å². The number of aliphatic carboxylic acids is 1. The average Bonchev–Trinajstić information content (AvgIpc) is 2.26. The van der Waals surface area contributed by atoms with E-state index in [0.717, 1.165) is 5.56 Å². The lowest BCUT2D eigenvalue weighted by Crippen LogP contribution is -2.10. The Morgan fingerprint density at radius 2 is 1.94 bits per heavy atom. The SMILES string of the molecule is COc1cc(C)cc(C(C)C(=O)O)c1OC. The third-order valence-corrected chi connectivity index (χ3v) is 2.49. The summed E-state index contributed by atoms with van der Waals surface area (Å²) in [4.78, 5) is 11.0. The highest BCUT2D eigenvalue weighted by atomic mass is 16.5. The second kappa shape index (κ2) is 4.88. The molecule has 1 aromatic carbocycles. The zero-order valence-electron chi connectivity index (χ0n) is 9.90. The van der Waals surface area contributed by atoms with Gasteiger partial charge >= 0.3 is 5.97 Å². The first-order valence-corrected chi connectivity index (χ1v) is 4.96. The summed E-state index contributed by atoms with van der Waals surface area (Å²) in [7, 11) is 3.04. The Kier molecular flexibility index (Phi) is 3.77. The number of rotatable bonds is 4. The number of benzene rings is 1. The number of carbonyl (C=O) groups is 1. The van der Waals surface area contributed by atoms with E-state index < -0.39 is 11.9 Å². The molecule has 1 unspecified atom stereocenters. The fraction of sp³-hybridized carbons (Fsp3) is 0.417. The first-order valence-electron chi connectivity index (χ1n) is 4.96. The van der Waals surface area contributed by atoms with Gasteiger partial charge in [-0.2, -0.15) is 0 Å². The molecule has 4 nitrogen and oxygen atoms in total. The van der Waals surface area contributed by atoms with E-state index in [1.54, 1.807) is 13.0 Å². The van der Waals surface area contributed by atoms with Gasteiger partial charge in [-0.1, -0.05) is 6.07 Å². The molecule has 0 aliphatic heterocycles. The van der Waals surface area contributed by atoms with Crippen molar-refractivity contribution in [3.05, 3.63) is 23.3 Å². The molecule has 1 atom stereocenters. The maximum absolute atomic E-state index is 11.0. The molecule has 0 bridgehead atoms. The second-order valence-corrected chi connectivity index (χ2v) is 3.65. The predicted molar refractivity (Wildman–Crippen MR) is 60.3 cm³/mol. The summed E-state index contributed by atoms with van der Waals surface area (Å²) in [5.41, 5.74) is 1.58. The molecule has 0 heterocycles. The normalized spacial score (nSPS) is 12.0. The lowest BCUT2D eigenvalue weighted by molar-refractivity contribution is -0.138. The molecule has 0 aromatic heterocycles. The van der Waals surface area contributed by atoms with E-state index in [1.807, 2.05) is 13.0 Å². The van der Waals surface area contributed by atoms with E-state index in [2.05, 4.69) is 0 Å². The molecule has 0 spiro atoms. The van der Waals surface area contributed by atoms with Crippen LogP contribution in [0.25, 0.3) is 0 Å². The van der Waals surface area contributed by atoms with Crippen LogP contribution in [0, 0.1) is 6.92 Å². The molecule has 0 fully saturated rings. The molecule has 0 saturated carbocycles. The topological polar surface area (TPSA) is 55.8 Å². The van der Waals surface area contributed by atoms with Gasteiger partial charge in [-0.05, 0) is 25.5 Å². The van der Waals surface area contributed by atoms with Gasteiger partial charge in [0.2, 0.25) is 0 Å². The molecule has 0 amide bonds. The summed E-state index contributed by atoms with van der Waals surface area (Å²) in [5.74, 6) is -0.455. The van der Waals surface area contributed by atoms with Crippen LogP contribution in [0.3, 0.4) is 0 Å². The number of hydrogen-bond donors (Lipinski definition) is 1. The number of carboxylic acids is 1. The van der Waals surface area contributed by atoms with Crippen molar-refractivity contribution in [1.82, 2.24) is 0 Å². The van der Waals surface area contributed by atoms with E-state index in [4.69, 9.17) is 14.6 Å². The molecule has 1 rings (SSSR count). The lowest BCUT2D eigenvalue weighted by Gasteiger charge is -2.16. The minimum atomic E-state index is -0.883. The van der Waals surface area contributed by atoms with Crippen molar-refractivity contribution < 1.29 is 19.4 Å². The Morgan fingerprint density at radius 1 is 1.31 bits per heavy atom. The molecule has 0 aliphatic carbocycles. The summed E-state index contributed by atoms with van der Waals surface area (Å²) in [5, 5.41) is 9.01. The van der Waals surface area contributed by atoms with Gasteiger partial charge in [-0.3, -0.25) is 4.79 Å². The predicted octanol–water partition coefficient (Wildman–Crippen LogP) is 2.20. The molecule has 16 heavy (non-hydrogen) atoms. The van der Waals surface area contributed by atoms with Crippen LogP contribution in [0.5, 0.6) is 11.5 Å². The first-order chi connectivity index (χ1) is 7.51. The van der Waals surface area contributed by atoms with E-state index in [9.17, 15) is 4.79 Å². The maximum Gasteiger partial charge on any atom is 0.310 e. The van der Waals surface area contributed by atoms with Crippen molar-refractivity contribution in [3.8, 4) is 11.5 Å². The van der Waals surface area contributed by atoms with Gasteiger partial charge in [0.1, 0.15) is 0 Å². The van der Waals surface area contributed by atoms with Gasteiger partial charge in [0, 0.05) is 5.56 Å². The first kappa shape index (κ1) is 12.4. The second-order valence-electron chi connectivity index (χ2n) is 3.65. The third kappa shape index (κ3) is 2.27. The number of carboxylic acid groups (broad SMARTS) is 1. The minimum Gasteiger partial charge on any atom is -0.493 e. The quantitative estimate of drug-likeness (QED) is 0.851. The van der Waals surface area contributed by atoms with Crippen molar-refractivity contribution in [3.63, 3.8) is 0 Å². The highest BCUT2D eigenvalue weighted by Gasteiger charge is 2.21. The minimum absolute atomic E-state index is 0.489. The smallest absolute Gasteiger partial charge is 0.310 e. The lowest BCUT2D eigenvalue weighted by atomic mass is 9.97. The van der Waals surface area contributed by atoms with Crippen LogP contribution in [0.15, 0.2) is 12.1 Å². The Bertz CT molecular complexity index is 398. The third-order valence-electron chi connectivity index (χ3n) is 2.49. The molecule has 0 aliphatic rings. The Balaban J connectivity index is 3.35. The van der Waals surface area contributed by atoms with Gasteiger partial charge in [0.25, 0.3) is 0 Å². The van der Waals surface area contributed by atoms with Gasteiger partial charge in [0.05, 0.1) is 20.1 Å². The Hall–Kier alpha value is -1.71. The Morgan fingerprint density at radius 3 is 2.38 bits per heavy atom. The largest absolute Gasteiger partial charge is 0.493 e. The van der Waals surface area contributed by atoms with E-state index in [1.165, 1.54) is 14.2 Å². The standard InChI is InChI=1S/C12H16O4/c1-7-5-9(8(2)12(13)14)11(16-4)10(6-7)15-3/h5-6,8H,1-4H3,(H,13,14). The van der Waals surface area contributed by atoms with Crippen molar-refractivity contribution in [2.75, 3.05) is 14.2 Å². The highest BCUT2D eigenvalue weighted by molar-refractivity contribution is 5.77. The van der Waals surface area contributed by atoms with Gasteiger partial charge < -0.3 is 14.6 Å². The van der Waals surface area contributed by atoms with Crippen molar-refractivity contribution >= 4 is 5.97 Å². The van der Waals surface area contributed by atoms with Gasteiger partial charge in [-0.15, -0.1) is 0 Å². The number of aryl methyl sites for hydroxylation is 1. The molecule has 4 heteroatoms. The molecule has 1 N–H and O–H groups in total. The molecular weight excluding hydrogens is 208 g/mol. The summed E-state index contributed by atoms with van der Waals surface area (Å²) < 4.78 is 10.4. The summed E-state index contributed by atoms with van der Waals surface area (Å²) in [6.45, 7) is 3.51. The van der Waals surface area contributed by atoms with Crippen LogP contribution < -0.4 is 9.47 Å². The average molecular weight is 224 g/mol. The van der Waals surface area contributed by atoms with Crippen LogP contribution in [-0.4, -0.2) is 25.3 Å². The molecular formula is C12H16O4. The van der Waals surface area contributed by atoms with E-state index in [0.29, 0.717) is 17.1 Å². The van der Waals surface area contributed by atoms with Crippen LogP contribution >= 0.6 is 0 Å². The number of ether oxygens (including phenoxy) is 2. The van der Waals surface area contributed by atoms with Crippen LogP contribution in [0.1, 0.15) is 24.0 Å². The van der Waals surface area contributed by atoms with Gasteiger partial charge in [-0.25, -0.2) is 0 Å². The summed E-state index contributed by atoms with van der Waals surface area (Å²) >= 11 is 0. The number of methoxy groups -OCH3 is 2. The molecule has 0 radical (unpaired) electrons. The maximum atomic E-state index is 11.0. The Labute approximate surface area is 94.8 Å². The zero-order chi connectivity index (χ0) is 12.3. The molecule has 1 aromatic rings. The van der Waals surface area contributed by atoms with Crippen LogP contribution in [-0.2, 0) is 4.79 Å². The zero-order valence-corrected chi connectivity index (χ0v) is 9.90. The van der Waals surface area contributed by atoms with E-state index >= 15 is 0 Å². The summed E-state index contributed by atoms with van der Waals surface area (Å²) in [6, 6.07) is 3.62. The fourth-order valence-electron chi connectivity index (χ4n) is 1.59. The van der Waals surface area contributed by atoms with Crippen LogP contribution in [0.4, 0.5) is 0 Å². The fourth-order valence-corrected chi connectivity index (χ4v) is 1.59. The highest BCUT2D eigenvalue weighted by Crippen LogP contribution is 2.36.